The second-order valence-electron chi connectivity index (χ2n) is 5.09. The van der Waals surface area contributed by atoms with Gasteiger partial charge in [-0.1, -0.05) is 6.92 Å². The molecule has 0 aliphatic carbocycles. The van der Waals surface area contributed by atoms with Gasteiger partial charge in [0.1, 0.15) is 0 Å². The molecule has 1 atom stereocenters. The molecule has 0 aromatic heterocycles. The topological polar surface area (TPSA) is 78.4 Å². The molecule has 116 valence electrons. The number of nitrogens with one attached hydrogen (secondary N) is 2. The number of carboxylic acids is 1. The molecule has 2 aliphatic heterocycles. The molecule has 1 amide bonds. The molecule has 8 heteroatoms. The van der Waals surface area contributed by atoms with E-state index in [1.807, 2.05) is 0 Å². The van der Waals surface area contributed by atoms with Crippen LogP contribution in [0.3, 0.4) is 0 Å². The molecule has 0 saturated carbocycles. The second-order valence-corrected chi connectivity index (χ2v) is 5.09. The van der Waals surface area contributed by atoms with Crippen LogP contribution in [0.1, 0.15) is 26.2 Å². The van der Waals surface area contributed by atoms with Crippen molar-refractivity contribution < 1.29 is 27.9 Å². The first-order valence-electron chi connectivity index (χ1n) is 6.51. The average molecular weight is 296 g/mol. The van der Waals surface area contributed by atoms with Crippen LogP contribution in [0.2, 0.25) is 0 Å². The molecule has 3 N–H and O–H groups in total. The van der Waals surface area contributed by atoms with Crippen LogP contribution in [0.25, 0.3) is 0 Å². The Balaban J connectivity index is 0.000000246. The van der Waals surface area contributed by atoms with E-state index in [9.17, 15) is 18.0 Å². The number of carbonyl (C=O) groups is 2. The molecule has 0 bridgehead atoms. The molecule has 20 heavy (non-hydrogen) atoms. The largest absolute Gasteiger partial charge is 0.490 e. The van der Waals surface area contributed by atoms with Crippen molar-refractivity contribution in [1.29, 1.82) is 0 Å². The highest BCUT2D eigenvalue weighted by molar-refractivity contribution is 5.82. The third-order valence-electron chi connectivity index (χ3n) is 3.92. The van der Waals surface area contributed by atoms with Crippen molar-refractivity contribution in [2.24, 2.45) is 11.3 Å². The summed E-state index contributed by atoms with van der Waals surface area (Å²) in [7, 11) is 0. The number of amides is 1. The van der Waals surface area contributed by atoms with Crippen molar-refractivity contribution in [2.45, 2.75) is 32.4 Å². The lowest BCUT2D eigenvalue weighted by molar-refractivity contribution is -0.192. The van der Waals surface area contributed by atoms with E-state index in [4.69, 9.17) is 9.90 Å². The van der Waals surface area contributed by atoms with E-state index < -0.39 is 12.1 Å². The van der Waals surface area contributed by atoms with Crippen LogP contribution in [0.15, 0.2) is 0 Å². The summed E-state index contributed by atoms with van der Waals surface area (Å²) >= 11 is 0. The van der Waals surface area contributed by atoms with Gasteiger partial charge in [-0.15, -0.1) is 0 Å². The molecule has 2 fully saturated rings. The molecule has 1 spiro atoms. The summed E-state index contributed by atoms with van der Waals surface area (Å²) in [6.45, 7) is 5.18. The third-order valence-corrected chi connectivity index (χ3v) is 3.92. The molecular formula is C12H19F3N2O3. The first-order valence-corrected chi connectivity index (χ1v) is 6.51. The van der Waals surface area contributed by atoms with Gasteiger partial charge in [0.2, 0.25) is 5.91 Å². The van der Waals surface area contributed by atoms with Gasteiger partial charge in [-0.3, -0.25) is 4.79 Å². The summed E-state index contributed by atoms with van der Waals surface area (Å²) in [6.07, 6.45) is -1.78. The van der Waals surface area contributed by atoms with Gasteiger partial charge in [-0.05, 0) is 32.4 Å². The van der Waals surface area contributed by atoms with E-state index >= 15 is 0 Å². The fourth-order valence-electron chi connectivity index (χ4n) is 2.86. The predicted octanol–water partition coefficient (Wildman–Crippen LogP) is 1.15. The van der Waals surface area contributed by atoms with Crippen LogP contribution < -0.4 is 10.6 Å². The second kappa shape index (κ2) is 6.43. The number of carboxylic acid groups (broad SMARTS) is 1. The summed E-state index contributed by atoms with van der Waals surface area (Å²) in [5, 5.41) is 13.5. The number of piperidine rings is 1. The van der Waals surface area contributed by atoms with Crippen LogP contribution in [0, 0.1) is 11.3 Å². The highest BCUT2D eigenvalue weighted by atomic mass is 19.4. The quantitative estimate of drug-likeness (QED) is 0.678. The van der Waals surface area contributed by atoms with Crippen LogP contribution in [-0.4, -0.2) is 42.8 Å². The lowest BCUT2D eigenvalue weighted by atomic mass is 9.70. The van der Waals surface area contributed by atoms with Crippen molar-refractivity contribution in [2.75, 3.05) is 19.6 Å². The minimum Gasteiger partial charge on any atom is -0.475 e. The Kier molecular flexibility index (Phi) is 5.38. The van der Waals surface area contributed by atoms with E-state index in [0.29, 0.717) is 0 Å². The normalized spacial score (nSPS) is 24.8. The maximum atomic E-state index is 11.5. The first kappa shape index (κ1) is 16.7. The molecule has 2 saturated heterocycles. The molecule has 2 rings (SSSR count). The number of carbonyl (C=O) groups excluding carboxylic acids is 1. The molecule has 0 radical (unpaired) electrons. The molecule has 0 aromatic carbocycles. The fourth-order valence-corrected chi connectivity index (χ4v) is 2.86. The first-order chi connectivity index (χ1) is 9.23. The van der Waals surface area contributed by atoms with Crippen molar-refractivity contribution in [3.8, 4) is 0 Å². The minimum absolute atomic E-state index is 0.273. The zero-order valence-corrected chi connectivity index (χ0v) is 11.2. The number of aliphatic carboxylic acids is 1. The van der Waals surface area contributed by atoms with Crippen molar-refractivity contribution in [3.63, 3.8) is 0 Å². The SMILES string of the molecule is CCC1C(=O)NCC12CCNCC2.O=C(O)C(F)(F)F. The molecule has 2 heterocycles. The van der Waals surface area contributed by atoms with E-state index in [1.54, 1.807) is 0 Å². The van der Waals surface area contributed by atoms with Crippen molar-refractivity contribution >= 4 is 11.9 Å². The van der Waals surface area contributed by atoms with Gasteiger partial charge in [0, 0.05) is 17.9 Å². The Morgan fingerprint density at radius 3 is 2.30 bits per heavy atom. The van der Waals surface area contributed by atoms with Gasteiger partial charge >= 0.3 is 12.1 Å². The average Bonchev–Trinajstić information content (AvgIpc) is 2.66. The van der Waals surface area contributed by atoms with Crippen LogP contribution >= 0.6 is 0 Å². The van der Waals surface area contributed by atoms with Gasteiger partial charge in [0.15, 0.2) is 0 Å². The smallest absolute Gasteiger partial charge is 0.475 e. The number of halogens is 3. The highest BCUT2D eigenvalue weighted by Gasteiger charge is 2.47. The van der Waals surface area contributed by atoms with Gasteiger partial charge in [-0.25, -0.2) is 4.79 Å². The summed E-state index contributed by atoms with van der Waals surface area (Å²) < 4.78 is 31.7. The number of alkyl halides is 3. The van der Waals surface area contributed by atoms with E-state index in [1.165, 1.54) is 0 Å². The monoisotopic (exact) mass is 296 g/mol. The van der Waals surface area contributed by atoms with E-state index in [2.05, 4.69) is 17.6 Å². The standard InChI is InChI=1S/C10H18N2O.C2HF3O2/c1-2-8-9(13)12-7-10(8)3-5-11-6-4-10;3-2(4,5)1(6)7/h8,11H,2-7H2,1H3,(H,12,13);(H,6,7). The van der Waals surface area contributed by atoms with Gasteiger partial charge in [0.25, 0.3) is 0 Å². The summed E-state index contributed by atoms with van der Waals surface area (Å²) in [5.41, 5.74) is 0.289. The van der Waals surface area contributed by atoms with Crippen LogP contribution in [0.4, 0.5) is 13.2 Å². The Morgan fingerprint density at radius 1 is 1.40 bits per heavy atom. The maximum Gasteiger partial charge on any atom is 0.490 e. The Morgan fingerprint density at radius 2 is 1.90 bits per heavy atom. The lowest BCUT2D eigenvalue weighted by Crippen LogP contribution is -2.41. The van der Waals surface area contributed by atoms with Crippen molar-refractivity contribution in [1.82, 2.24) is 10.6 Å². The zero-order chi connectivity index (χ0) is 15.4. The summed E-state index contributed by atoms with van der Waals surface area (Å²) in [4.78, 5) is 20.4. The number of hydrogen-bond donors (Lipinski definition) is 3. The molecule has 2 aliphatic rings. The molecule has 0 aromatic rings. The Hall–Kier alpha value is -1.31. The molecule has 1 unspecified atom stereocenters. The summed E-state index contributed by atoms with van der Waals surface area (Å²) in [6, 6.07) is 0. The van der Waals surface area contributed by atoms with Gasteiger partial charge < -0.3 is 15.7 Å². The van der Waals surface area contributed by atoms with Gasteiger partial charge in [-0.2, -0.15) is 13.2 Å². The van der Waals surface area contributed by atoms with Crippen molar-refractivity contribution in [3.05, 3.63) is 0 Å². The lowest BCUT2D eigenvalue weighted by Gasteiger charge is -2.36. The third kappa shape index (κ3) is 3.84. The highest BCUT2D eigenvalue weighted by Crippen LogP contribution is 2.41. The van der Waals surface area contributed by atoms with E-state index in [-0.39, 0.29) is 17.2 Å². The number of hydrogen-bond acceptors (Lipinski definition) is 3. The maximum absolute atomic E-state index is 11.5. The summed E-state index contributed by atoms with van der Waals surface area (Å²) in [5.74, 6) is -2.20. The number of rotatable bonds is 1. The fraction of sp³-hybridized carbons (Fsp3) is 0.833. The van der Waals surface area contributed by atoms with Crippen LogP contribution in [0.5, 0.6) is 0 Å². The van der Waals surface area contributed by atoms with E-state index in [0.717, 1.165) is 38.9 Å². The Bertz CT molecular complexity index is 365. The minimum atomic E-state index is -5.08. The predicted molar refractivity (Wildman–Crippen MR) is 65.0 cm³/mol. The molecular weight excluding hydrogens is 277 g/mol. The molecule has 5 nitrogen and oxygen atoms in total. The van der Waals surface area contributed by atoms with Gasteiger partial charge in [0.05, 0.1) is 0 Å². The van der Waals surface area contributed by atoms with Crippen LogP contribution in [-0.2, 0) is 9.59 Å². The Labute approximate surface area is 114 Å². The zero-order valence-electron chi connectivity index (χ0n) is 11.2.